The highest BCUT2D eigenvalue weighted by Crippen LogP contribution is 2.21. The zero-order valence-corrected chi connectivity index (χ0v) is 18.0. The lowest BCUT2D eigenvalue weighted by atomic mass is 10.1. The van der Waals surface area contributed by atoms with Crippen LogP contribution in [0.1, 0.15) is 26.3 Å². The highest BCUT2D eigenvalue weighted by molar-refractivity contribution is 9.10. The summed E-state index contributed by atoms with van der Waals surface area (Å²) >= 11 is 3.28. The van der Waals surface area contributed by atoms with Crippen molar-refractivity contribution in [1.82, 2.24) is 15.2 Å². The molecule has 10 heteroatoms. The molecule has 2 aromatic carbocycles. The maximum absolute atomic E-state index is 12.8. The van der Waals surface area contributed by atoms with Crippen molar-refractivity contribution in [3.8, 4) is 0 Å². The highest BCUT2D eigenvalue weighted by Gasteiger charge is 2.27. The van der Waals surface area contributed by atoms with Gasteiger partial charge in [0, 0.05) is 23.1 Å². The summed E-state index contributed by atoms with van der Waals surface area (Å²) in [6.07, 6.45) is 0. The molecule has 1 aliphatic heterocycles. The summed E-state index contributed by atoms with van der Waals surface area (Å²) in [5.74, 6) is -1.11. The number of morpholine rings is 1. The molecule has 3 rings (SSSR count). The number of aryl methyl sites for hydroxylation is 1. The maximum Gasteiger partial charge on any atom is 0.270 e. The Labute approximate surface area is 177 Å². The van der Waals surface area contributed by atoms with E-state index in [9.17, 15) is 18.0 Å². The standard InChI is InChI=1S/C19H20BrN3O5S/c1-13-6-7-14(29(26,27)23-8-10-28-11-9-23)12-16(13)19(25)22-21-18(24)15-4-2-3-5-17(15)20/h2-7,12H,8-11H2,1H3,(H,21,24)(H,22,25). The lowest BCUT2D eigenvalue weighted by Crippen LogP contribution is -2.42. The maximum atomic E-state index is 12.8. The van der Waals surface area contributed by atoms with E-state index < -0.39 is 21.8 Å². The van der Waals surface area contributed by atoms with Crippen molar-refractivity contribution in [1.29, 1.82) is 0 Å². The summed E-state index contributed by atoms with van der Waals surface area (Å²) in [6, 6.07) is 11.1. The minimum Gasteiger partial charge on any atom is -0.379 e. The van der Waals surface area contributed by atoms with Gasteiger partial charge in [-0.3, -0.25) is 20.4 Å². The van der Waals surface area contributed by atoms with E-state index in [4.69, 9.17) is 4.74 Å². The number of halogens is 1. The van der Waals surface area contributed by atoms with Crippen molar-refractivity contribution in [3.63, 3.8) is 0 Å². The zero-order valence-electron chi connectivity index (χ0n) is 15.6. The molecule has 1 heterocycles. The molecular weight excluding hydrogens is 462 g/mol. The summed E-state index contributed by atoms with van der Waals surface area (Å²) < 4.78 is 32.8. The van der Waals surface area contributed by atoms with Crippen molar-refractivity contribution in [2.45, 2.75) is 11.8 Å². The number of carbonyl (C=O) groups is 2. The van der Waals surface area contributed by atoms with Crippen molar-refractivity contribution in [2.24, 2.45) is 0 Å². The smallest absolute Gasteiger partial charge is 0.270 e. The Morgan fingerprint density at radius 2 is 1.62 bits per heavy atom. The van der Waals surface area contributed by atoms with E-state index >= 15 is 0 Å². The van der Waals surface area contributed by atoms with Gasteiger partial charge in [0.25, 0.3) is 11.8 Å². The van der Waals surface area contributed by atoms with E-state index in [1.165, 1.54) is 16.4 Å². The molecule has 2 amide bonds. The van der Waals surface area contributed by atoms with Crippen molar-refractivity contribution < 1.29 is 22.7 Å². The summed E-state index contributed by atoms with van der Waals surface area (Å²) in [6.45, 7) is 2.88. The molecule has 0 saturated carbocycles. The Morgan fingerprint density at radius 3 is 2.28 bits per heavy atom. The Bertz CT molecular complexity index is 1040. The largest absolute Gasteiger partial charge is 0.379 e. The van der Waals surface area contributed by atoms with Gasteiger partial charge < -0.3 is 4.74 Å². The first-order valence-electron chi connectivity index (χ1n) is 8.84. The molecule has 0 radical (unpaired) electrons. The third-order valence-electron chi connectivity index (χ3n) is 4.47. The predicted octanol–water partition coefficient (Wildman–Crippen LogP) is 1.85. The van der Waals surface area contributed by atoms with Gasteiger partial charge in [-0.15, -0.1) is 0 Å². The van der Waals surface area contributed by atoms with E-state index in [1.807, 2.05) is 0 Å². The molecule has 8 nitrogen and oxygen atoms in total. The molecule has 2 N–H and O–H groups in total. The van der Waals surface area contributed by atoms with Gasteiger partial charge in [-0.25, -0.2) is 8.42 Å². The molecule has 0 aliphatic carbocycles. The van der Waals surface area contributed by atoms with E-state index in [-0.39, 0.29) is 23.5 Å². The van der Waals surface area contributed by atoms with Crippen LogP contribution in [0.3, 0.4) is 0 Å². The van der Waals surface area contributed by atoms with E-state index in [0.717, 1.165) is 0 Å². The fourth-order valence-electron chi connectivity index (χ4n) is 2.84. The second-order valence-corrected chi connectivity index (χ2v) is 9.17. The van der Waals surface area contributed by atoms with Crippen LogP contribution in [0.5, 0.6) is 0 Å². The minimum atomic E-state index is -3.73. The van der Waals surface area contributed by atoms with E-state index in [1.54, 1.807) is 37.3 Å². The topological polar surface area (TPSA) is 105 Å². The van der Waals surface area contributed by atoms with Gasteiger partial charge in [0.05, 0.1) is 23.7 Å². The van der Waals surface area contributed by atoms with Gasteiger partial charge in [0.2, 0.25) is 10.0 Å². The van der Waals surface area contributed by atoms with Gasteiger partial charge in [-0.2, -0.15) is 4.31 Å². The predicted molar refractivity (Wildman–Crippen MR) is 110 cm³/mol. The van der Waals surface area contributed by atoms with Crippen LogP contribution in [0.4, 0.5) is 0 Å². The van der Waals surface area contributed by atoms with Gasteiger partial charge in [-0.05, 0) is 52.7 Å². The van der Waals surface area contributed by atoms with Crippen LogP contribution >= 0.6 is 15.9 Å². The second-order valence-electron chi connectivity index (χ2n) is 6.38. The number of benzene rings is 2. The number of ether oxygens (including phenoxy) is 1. The number of carbonyl (C=O) groups excluding carboxylic acids is 2. The minimum absolute atomic E-state index is 0.0206. The number of hydrogen-bond donors (Lipinski definition) is 2. The molecule has 0 bridgehead atoms. The molecule has 0 aromatic heterocycles. The number of hydrazine groups is 1. The molecule has 1 fully saturated rings. The Hall–Kier alpha value is -2.27. The summed E-state index contributed by atoms with van der Waals surface area (Å²) in [5, 5.41) is 0. The SMILES string of the molecule is Cc1ccc(S(=O)(=O)N2CCOCC2)cc1C(=O)NNC(=O)c1ccccc1Br. The van der Waals surface area contributed by atoms with Crippen LogP contribution in [-0.2, 0) is 14.8 Å². The van der Waals surface area contributed by atoms with Crippen LogP contribution in [0.15, 0.2) is 51.8 Å². The number of amides is 2. The van der Waals surface area contributed by atoms with E-state index in [0.29, 0.717) is 28.8 Å². The average Bonchev–Trinajstić information content (AvgIpc) is 2.73. The van der Waals surface area contributed by atoms with E-state index in [2.05, 4.69) is 26.8 Å². The molecule has 1 saturated heterocycles. The number of hydrogen-bond acceptors (Lipinski definition) is 5. The van der Waals surface area contributed by atoms with Crippen LogP contribution in [0.2, 0.25) is 0 Å². The Morgan fingerprint density at radius 1 is 1.00 bits per heavy atom. The molecular formula is C19H20BrN3O5S. The lowest BCUT2D eigenvalue weighted by Gasteiger charge is -2.26. The van der Waals surface area contributed by atoms with Crippen LogP contribution < -0.4 is 10.9 Å². The van der Waals surface area contributed by atoms with Gasteiger partial charge in [0.15, 0.2) is 0 Å². The number of nitrogens with zero attached hydrogens (tertiary/aromatic N) is 1. The first kappa shape index (κ1) is 21.4. The third kappa shape index (κ3) is 4.84. The average molecular weight is 482 g/mol. The summed E-state index contributed by atoms with van der Waals surface area (Å²) in [4.78, 5) is 24.8. The van der Waals surface area contributed by atoms with Crippen LogP contribution in [0.25, 0.3) is 0 Å². The molecule has 2 aromatic rings. The second kappa shape index (κ2) is 9.04. The van der Waals surface area contributed by atoms with Crippen molar-refractivity contribution in [2.75, 3.05) is 26.3 Å². The van der Waals surface area contributed by atoms with Gasteiger partial charge >= 0.3 is 0 Å². The Balaban J connectivity index is 1.76. The van der Waals surface area contributed by atoms with Crippen LogP contribution in [0, 0.1) is 6.92 Å². The highest BCUT2D eigenvalue weighted by atomic mass is 79.9. The third-order valence-corrected chi connectivity index (χ3v) is 7.06. The summed E-state index contributed by atoms with van der Waals surface area (Å²) in [5.41, 5.74) is 5.77. The number of sulfonamides is 1. The van der Waals surface area contributed by atoms with Crippen molar-refractivity contribution >= 4 is 37.8 Å². The fraction of sp³-hybridized carbons (Fsp3) is 0.263. The van der Waals surface area contributed by atoms with Crippen molar-refractivity contribution in [3.05, 3.63) is 63.6 Å². The first-order valence-corrected chi connectivity index (χ1v) is 11.1. The fourth-order valence-corrected chi connectivity index (χ4v) is 4.74. The molecule has 29 heavy (non-hydrogen) atoms. The monoisotopic (exact) mass is 481 g/mol. The summed E-state index contributed by atoms with van der Waals surface area (Å²) in [7, 11) is -3.73. The van der Waals surface area contributed by atoms with Crippen LogP contribution in [-0.4, -0.2) is 50.8 Å². The first-order chi connectivity index (χ1) is 13.8. The molecule has 1 aliphatic rings. The number of rotatable bonds is 4. The molecule has 0 atom stereocenters. The zero-order chi connectivity index (χ0) is 21.0. The number of nitrogens with one attached hydrogen (secondary N) is 2. The molecule has 154 valence electrons. The van der Waals surface area contributed by atoms with Gasteiger partial charge in [-0.1, -0.05) is 18.2 Å². The van der Waals surface area contributed by atoms with Gasteiger partial charge in [0.1, 0.15) is 0 Å². The Kier molecular flexibility index (Phi) is 6.68. The quantitative estimate of drug-likeness (QED) is 0.648. The molecule has 0 spiro atoms. The molecule has 0 unspecified atom stereocenters. The normalized spacial score (nSPS) is 15.0. The lowest BCUT2D eigenvalue weighted by molar-refractivity contribution is 0.0730.